The minimum Gasteiger partial charge on any atom is -0.337 e. The van der Waals surface area contributed by atoms with Crippen LogP contribution >= 0.6 is 27.3 Å². The van der Waals surface area contributed by atoms with Crippen molar-refractivity contribution in [2.24, 2.45) is 0 Å². The highest BCUT2D eigenvalue weighted by molar-refractivity contribution is 9.10. The predicted molar refractivity (Wildman–Crippen MR) is 95.0 cm³/mol. The largest absolute Gasteiger partial charge is 0.337 e. The van der Waals surface area contributed by atoms with Crippen LogP contribution in [0.2, 0.25) is 0 Å². The second-order valence-electron chi connectivity index (χ2n) is 4.87. The minimum absolute atomic E-state index is 0.0350. The van der Waals surface area contributed by atoms with Crippen LogP contribution < -0.4 is 0 Å². The van der Waals surface area contributed by atoms with E-state index < -0.39 is 10.0 Å². The maximum atomic E-state index is 12.7. The average Bonchev–Trinajstić information content (AvgIpc) is 3.24. The molecular formula is C15H14BrN3O3S2. The molecule has 0 spiro atoms. The molecule has 24 heavy (non-hydrogen) atoms. The van der Waals surface area contributed by atoms with Crippen LogP contribution in [0.1, 0.15) is 12.8 Å². The highest BCUT2D eigenvalue weighted by Crippen LogP contribution is 2.23. The minimum atomic E-state index is -3.62. The van der Waals surface area contributed by atoms with Gasteiger partial charge in [-0.1, -0.05) is 34.1 Å². The SMILES string of the molecule is CCN(Cc1nc(-c2cccs2)no1)S(=O)(=O)c1ccc(Br)cc1. The van der Waals surface area contributed by atoms with Gasteiger partial charge in [-0.2, -0.15) is 9.29 Å². The summed E-state index contributed by atoms with van der Waals surface area (Å²) >= 11 is 4.80. The van der Waals surface area contributed by atoms with Crippen molar-refractivity contribution in [1.29, 1.82) is 0 Å². The molecule has 0 atom stereocenters. The zero-order chi connectivity index (χ0) is 17.2. The number of thiophene rings is 1. The van der Waals surface area contributed by atoms with Crippen LogP contribution in [-0.4, -0.2) is 29.4 Å². The van der Waals surface area contributed by atoms with Crippen LogP contribution in [0.25, 0.3) is 10.7 Å². The molecule has 0 bridgehead atoms. The molecule has 2 heterocycles. The highest BCUT2D eigenvalue weighted by Gasteiger charge is 2.25. The molecule has 0 fully saturated rings. The number of nitrogens with zero attached hydrogens (tertiary/aromatic N) is 3. The third kappa shape index (κ3) is 3.59. The Hall–Kier alpha value is -1.55. The Labute approximate surface area is 152 Å². The smallest absolute Gasteiger partial charge is 0.243 e. The van der Waals surface area contributed by atoms with Gasteiger partial charge in [0.25, 0.3) is 0 Å². The number of halogens is 1. The highest BCUT2D eigenvalue weighted by atomic mass is 79.9. The zero-order valence-corrected chi connectivity index (χ0v) is 15.9. The van der Waals surface area contributed by atoms with E-state index >= 15 is 0 Å². The van der Waals surface area contributed by atoms with Crippen molar-refractivity contribution < 1.29 is 12.9 Å². The normalized spacial score (nSPS) is 12.0. The van der Waals surface area contributed by atoms with Gasteiger partial charge in [-0.05, 0) is 35.7 Å². The number of sulfonamides is 1. The van der Waals surface area contributed by atoms with Crippen molar-refractivity contribution in [3.63, 3.8) is 0 Å². The summed E-state index contributed by atoms with van der Waals surface area (Å²) in [5.74, 6) is 0.734. The van der Waals surface area contributed by atoms with Gasteiger partial charge in [0.2, 0.25) is 21.7 Å². The topological polar surface area (TPSA) is 76.3 Å². The molecule has 0 saturated carbocycles. The second kappa shape index (κ2) is 7.14. The molecule has 0 N–H and O–H groups in total. The van der Waals surface area contributed by atoms with Crippen molar-refractivity contribution in [3.8, 4) is 10.7 Å². The molecule has 0 aliphatic heterocycles. The summed E-state index contributed by atoms with van der Waals surface area (Å²) < 4.78 is 32.8. The number of benzene rings is 1. The van der Waals surface area contributed by atoms with Gasteiger partial charge in [0.1, 0.15) is 0 Å². The summed E-state index contributed by atoms with van der Waals surface area (Å²) in [6.07, 6.45) is 0. The van der Waals surface area contributed by atoms with Crippen LogP contribution in [-0.2, 0) is 16.6 Å². The summed E-state index contributed by atoms with van der Waals surface area (Å²) in [4.78, 5) is 5.39. The molecule has 0 aliphatic rings. The van der Waals surface area contributed by atoms with E-state index in [9.17, 15) is 8.42 Å². The summed E-state index contributed by atoms with van der Waals surface area (Å²) in [5.41, 5.74) is 0. The molecule has 0 unspecified atom stereocenters. The van der Waals surface area contributed by atoms with E-state index in [0.717, 1.165) is 9.35 Å². The lowest BCUT2D eigenvalue weighted by atomic mass is 10.4. The van der Waals surface area contributed by atoms with Crippen LogP contribution in [0.15, 0.2) is 55.7 Å². The van der Waals surface area contributed by atoms with Gasteiger partial charge in [0.15, 0.2) is 0 Å². The maximum Gasteiger partial charge on any atom is 0.243 e. The van der Waals surface area contributed by atoms with Gasteiger partial charge in [-0.3, -0.25) is 0 Å². The van der Waals surface area contributed by atoms with E-state index in [0.29, 0.717) is 12.4 Å². The Kier molecular flexibility index (Phi) is 5.14. The van der Waals surface area contributed by atoms with Gasteiger partial charge in [-0.25, -0.2) is 8.42 Å². The molecule has 6 nitrogen and oxygen atoms in total. The lowest BCUT2D eigenvalue weighted by Gasteiger charge is -2.18. The Bertz CT molecular complexity index is 906. The van der Waals surface area contributed by atoms with Crippen LogP contribution in [0.3, 0.4) is 0 Å². The first-order valence-corrected chi connectivity index (χ1v) is 10.2. The molecule has 3 aromatic rings. The molecule has 3 rings (SSSR count). The molecule has 1 aromatic carbocycles. The maximum absolute atomic E-state index is 12.7. The van der Waals surface area contributed by atoms with Crippen LogP contribution in [0.4, 0.5) is 0 Å². The van der Waals surface area contributed by atoms with Crippen LogP contribution in [0, 0.1) is 0 Å². The summed E-state index contributed by atoms with van der Waals surface area (Å²) in [6, 6.07) is 10.3. The molecular weight excluding hydrogens is 414 g/mol. The number of hydrogen-bond donors (Lipinski definition) is 0. The standard InChI is InChI=1S/C15H14BrN3O3S2/c1-2-19(24(20,21)12-7-5-11(16)6-8-12)10-14-17-15(18-22-14)13-4-3-9-23-13/h3-9H,2,10H2,1H3. The third-order valence-corrected chi connectivity index (χ3v) is 6.65. The first kappa shape index (κ1) is 17.3. The first-order valence-electron chi connectivity index (χ1n) is 7.13. The van der Waals surface area contributed by atoms with E-state index in [-0.39, 0.29) is 17.3 Å². The fraction of sp³-hybridized carbons (Fsp3) is 0.200. The quantitative estimate of drug-likeness (QED) is 0.598. The molecule has 0 radical (unpaired) electrons. The summed E-state index contributed by atoms with van der Waals surface area (Å²) in [7, 11) is -3.62. The molecule has 0 saturated heterocycles. The van der Waals surface area contributed by atoms with E-state index in [1.807, 2.05) is 17.5 Å². The van der Waals surface area contributed by atoms with Gasteiger partial charge in [0, 0.05) is 11.0 Å². The van der Waals surface area contributed by atoms with E-state index in [1.54, 1.807) is 31.2 Å². The molecule has 0 aliphatic carbocycles. The second-order valence-corrected chi connectivity index (χ2v) is 8.68. The zero-order valence-electron chi connectivity index (χ0n) is 12.7. The Morgan fingerprint density at radius 2 is 2.00 bits per heavy atom. The fourth-order valence-corrected chi connectivity index (χ4v) is 4.41. The van der Waals surface area contributed by atoms with E-state index in [2.05, 4.69) is 26.1 Å². The lowest BCUT2D eigenvalue weighted by molar-refractivity contribution is 0.321. The molecule has 9 heteroatoms. The molecule has 126 valence electrons. The van der Waals surface area contributed by atoms with Crippen molar-refractivity contribution in [2.45, 2.75) is 18.4 Å². The van der Waals surface area contributed by atoms with E-state index in [1.165, 1.54) is 15.6 Å². The lowest BCUT2D eigenvalue weighted by Crippen LogP contribution is -2.30. The third-order valence-electron chi connectivity index (χ3n) is 3.33. The van der Waals surface area contributed by atoms with Gasteiger partial charge < -0.3 is 4.52 Å². The van der Waals surface area contributed by atoms with Crippen molar-refractivity contribution >= 4 is 37.3 Å². The first-order chi connectivity index (χ1) is 11.5. The fourth-order valence-electron chi connectivity index (χ4n) is 2.10. The summed E-state index contributed by atoms with van der Waals surface area (Å²) in [5, 5.41) is 5.83. The van der Waals surface area contributed by atoms with Crippen molar-refractivity contribution in [1.82, 2.24) is 14.4 Å². The Balaban J connectivity index is 1.83. The predicted octanol–water partition coefficient (Wildman–Crippen LogP) is 3.77. The summed E-state index contributed by atoms with van der Waals surface area (Å²) in [6.45, 7) is 2.11. The molecule has 0 amide bonds. The number of hydrogen-bond acceptors (Lipinski definition) is 6. The Morgan fingerprint density at radius 3 is 2.62 bits per heavy atom. The molecule has 2 aromatic heterocycles. The number of aromatic nitrogens is 2. The van der Waals surface area contributed by atoms with Crippen molar-refractivity contribution in [3.05, 3.63) is 52.1 Å². The van der Waals surface area contributed by atoms with E-state index in [4.69, 9.17) is 4.52 Å². The Morgan fingerprint density at radius 1 is 1.25 bits per heavy atom. The monoisotopic (exact) mass is 427 g/mol. The van der Waals surface area contributed by atoms with Gasteiger partial charge >= 0.3 is 0 Å². The number of rotatable bonds is 6. The van der Waals surface area contributed by atoms with Crippen LogP contribution in [0.5, 0.6) is 0 Å². The average molecular weight is 428 g/mol. The van der Waals surface area contributed by atoms with Gasteiger partial charge in [0.05, 0.1) is 16.3 Å². The van der Waals surface area contributed by atoms with Crippen molar-refractivity contribution in [2.75, 3.05) is 6.54 Å². The van der Waals surface area contributed by atoms with Gasteiger partial charge in [-0.15, -0.1) is 11.3 Å².